The molecule has 1 saturated heterocycles. The third-order valence-corrected chi connectivity index (χ3v) is 4.43. The molecule has 1 aliphatic heterocycles. The summed E-state index contributed by atoms with van der Waals surface area (Å²) >= 11 is 8.45. The molecule has 2 nitrogen and oxygen atoms in total. The molecule has 0 aromatic heterocycles. The predicted octanol–water partition coefficient (Wildman–Crippen LogP) is 3.78. The molecule has 0 saturated carbocycles. The third-order valence-electron chi connectivity index (χ3n) is 3.19. The van der Waals surface area contributed by atoms with Gasteiger partial charge in [0.15, 0.2) is 0 Å². The Morgan fingerprint density at radius 1 is 1.26 bits per heavy atom. The summed E-state index contributed by atoms with van der Waals surface area (Å²) in [4.78, 5) is 2.39. The highest BCUT2D eigenvalue weighted by Crippen LogP contribution is 2.29. The summed E-state index contributed by atoms with van der Waals surface area (Å²) in [5.41, 5.74) is 2.56. The average Bonchev–Trinajstić information content (AvgIpc) is 2.37. The summed E-state index contributed by atoms with van der Waals surface area (Å²) < 4.78 is 0. The first-order valence-electron chi connectivity index (χ1n) is 6.82. The largest absolute Gasteiger partial charge is 0.369 e. The van der Waals surface area contributed by atoms with Gasteiger partial charge in [0.05, 0.1) is 10.7 Å². The van der Waals surface area contributed by atoms with Gasteiger partial charge in [0.1, 0.15) is 0 Å². The summed E-state index contributed by atoms with van der Waals surface area (Å²) in [7, 11) is 0. The van der Waals surface area contributed by atoms with Crippen molar-refractivity contribution in [2.75, 3.05) is 29.5 Å². The van der Waals surface area contributed by atoms with Gasteiger partial charge in [-0.3, -0.25) is 0 Å². The van der Waals surface area contributed by atoms with Gasteiger partial charge in [0, 0.05) is 36.7 Å². The van der Waals surface area contributed by atoms with Crippen LogP contribution in [0.4, 0.5) is 5.69 Å². The number of nitrogens with zero attached hydrogens (tertiary/aromatic N) is 1. The number of rotatable bonds is 3. The maximum atomic E-state index is 6.44. The second-order valence-corrected chi connectivity index (χ2v) is 7.62. The zero-order valence-electron chi connectivity index (χ0n) is 12.0. The molecule has 0 aliphatic carbocycles. The summed E-state index contributed by atoms with van der Waals surface area (Å²) in [6, 6.07) is 6.44. The molecule has 0 radical (unpaired) electrons. The maximum absolute atomic E-state index is 6.44. The Balaban J connectivity index is 2.04. The molecule has 19 heavy (non-hydrogen) atoms. The average molecular weight is 299 g/mol. The summed E-state index contributed by atoms with van der Waals surface area (Å²) in [6.45, 7) is 9.59. The van der Waals surface area contributed by atoms with E-state index in [4.69, 9.17) is 11.6 Å². The fourth-order valence-electron chi connectivity index (χ4n) is 2.09. The van der Waals surface area contributed by atoms with Crippen LogP contribution in [-0.2, 0) is 6.54 Å². The highest BCUT2D eigenvalue weighted by atomic mass is 35.5. The van der Waals surface area contributed by atoms with E-state index in [9.17, 15) is 0 Å². The Labute approximate surface area is 125 Å². The summed E-state index contributed by atoms with van der Waals surface area (Å²) in [5.74, 6) is 2.40. The van der Waals surface area contributed by atoms with Crippen molar-refractivity contribution in [2.45, 2.75) is 32.9 Å². The molecule has 2 rings (SSSR count). The number of nitrogens with one attached hydrogen (secondary N) is 1. The lowest BCUT2D eigenvalue weighted by Gasteiger charge is -2.29. The van der Waals surface area contributed by atoms with E-state index in [-0.39, 0.29) is 5.54 Å². The maximum Gasteiger partial charge on any atom is 0.0642 e. The molecular weight excluding hydrogens is 276 g/mol. The second-order valence-electron chi connectivity index (χ2n) is 5.99. The molecule has 1 N–H and O–H groups in total. The van der Waals surface area contributed by atoms with Crippen molar-refractivity contribution in [1.29, 1.82) is 0 Å². The van der Waals surface area contributed by atoms with E-state index in [0.29, 0.717) is 0 Å². The monoisotopic (exact) mass is 298 g/mol. The minimum Gasteiger partial charge on any atom is -0.369 e. The fourth-order valence-corrected chi connectivity index (χ4v) is 3.31. The van der Waals surface area contributed by atoms with Crippen molar-refractivity contribution in [3.8, 4) is 0 Å². The van der Waals surface area contributed by atoms with Crippen molar-refractivity contribution >= 4 is 29.1 Å². The van der Waals surface area contributed by atoms with E-state index in [1.807, 2.05) is 11.8 Å². The number of anilines is 1. The molecule has 106 valence electrons. The molecule has 0 spiro atoms. The van der Waals surface area contributed by atoms with Gasteiger partial charge in [0.2, 0.25) is 0 Å². The van der Waals surface area contributed by atoms with E-state index in [1.165, 1.54) is 22.8 Å². The van der Waals surface area contributed by atoms with Gasteiger partial charge in [-0.05, 0) is 38.5 Å². The molecule has 1 aromatic rings. The molecule has 1 fully saturated rings. The topological polar surface area (TPSA) is 15.3 Å². The normalized spacial score (nSPS) is 16.7. The number of halogens is 1. The van der Waals surface area contributed by atoms with E-state index in [1.54, 1.807) is 0 Å². The molecular formula is C15H23ClN2S. The van der Waals surface area contributed by atoms with Gasteiger partial charge in [0.25, 0.3) is 0 Å². The van der Waals surface area contributed by atoms with Crippen molar-refractivity contribution in [3.63, 3.8) is 0 Å². The van der Waals surface area contributed by atoms with Crippen LogP contribution in [0.5, 0.6) is 0 Å². The number of hydrogen-bond donors (Lipinski definition) is 1. The zero-order chi connectivity index (χ0) is 13.9. The van der Waals surface area contributed by atoms with Gasteiger partial charge in [-0.1, -0.05) is 17.7 Å². The van der Waals surface area contributed by atoms with Crippen LogP contribution < -0.4 is 10.2 Å². The Morgan fingerprint density at radius 3 is 2.53 bits per heavy atom. The minimum atomic E-state index is 0.134. The molecule has 1 aliphatic rings. The van der Waals surface area contributed by atoms with Crippen LogP contribution in [0.1, 0.15) is 26.3 Å². The van der Waals surface area contributed by atoms with Crippen molar-refractivity contribution in [2.24, 2.45) is 0 Å². The Morgan fingerprint density at radius 2 is 1.95 bits per heavy atom. The van der Waals surface area contributed by atoms with Gasteiger partial charge >= 0.3 is 0 Å². The van der Waals surface area contributed by atoms with E-state index in [0.717, 1.165) is 24.7 Å². The second kappa shape index (κ2) is 6.38. The smallest absolute Gasteiger partial charge is 0.0642 e. The van der Waals surface area contributed by atoms with Crippen molar-refractivity contribution < 1.29 is 0 Å². The molecule has 1 heterocycles. The lowest BCUT2D eigenvalue weighted by Crippen LogP contribution is -2.35. The first-order valence-corrected chi connectivity index (χ1v) is 8.35. The highest BCUT2D eigenvalue weighted by Gasteiger charge is 2.15. The first-order chi connectivity index (χ1) is 8.96. The molecule has 1 aromatic carbocycles. The van der Waals surface area contributed by atoms with E-state index < -0.39 is 0 Å². The van der Waals surface area contributed by atoms with Gasteiger partial charge < -0.3 is 10.2 Å². The van der Waals surface area contributed by atoms with Crippen LogP contribution in [0.15, 0.2) is 18.2 Å². The van der Waals surface area contributed by atoms with Crippen molar-refractivity contribution in [3.05, 3.63) is 28.8 Å². The summed E-state index contributed by atoms with van der Waals surface area (Å²) in [5, 5.41) is 4.36. The van der Waals surface area contributed by atoms with E-state index in [2.05, 4.69) is 49.2 Å². The Hall–Kier alpha value is -0.380. The molecule has 0 bridgehead atoms. The first kappa shape index (κ1) is 15.0. The Kier molecular flexibility index (Phi) is 5.04. The van der Waals surface area contributed by atoms with E-state index >= 15 is 0 Å². The molecule has 4 heteroatoms. The molecule has 0 atom stereocenters. The van der Waals surface area contributed by atoms with Crippen LogP contribution in [0.2, 0.25) is 5.02 Å². The van der Waals surface area contributed by atoms with Crippen LogP contribution in [0, 0.1) is 0 Å². The third kappa shape index (κ3) is 4.59. The minimum absolute atomic E-state index is 0.134. The lowest BCUT2D eigenvalue weighted by atomic mass is 10.1. The number of benzene rings is 1. The quantitative estimate of drug-likeness (QED) is 0.914. The van der Waals surface area contributed by atoms with Crippen molar-refractivity contribution in [1.82, 2.24) is 5.32 Å². The van der Waals surface area contributed by atoms with Gasteiger partial charge in [-0.25, -0.2) is 0 Å². The lowest BCUT2D eigenvalue weighted by molar-refractivity contribution is 0.424. The zero-order valence-corrected chi connectivity index (χ0v) is 13.6. The summed E-state index contributed by atoms with van der Waals surface area (Å²) in [6.07, 6.45) is 0. The predicted molar refractivity (Wildman–Crippen MR) is 87.6 cm³/mol. The standard InChI is InChI=1S/C15H23ClN2S/c1-15(2,3)17-11-12-4-5-14(13(16)10-12)18-6-8-19-9-7-18/h4-5,10,17H,6-9,11H2,1-3H3. The van der Waals surface area contributed by atoms with Crippen LogP contribution >= 0.6 is 23.4 Å². The van der Waals surface area contributed by atoms with Crippen LogP contribution in [0.3, 0.4) is 0 Å². The molecule has 0 unspecified atom stereocenters. The highest BCUT2D eigenvalue weighted by molar-refractivity contribution is 7.99. The van der Waals surface area contributed by atoms with Crippen LogP contribution in [-0.4, -0.2) is 30.1 Å². The van der Waals surface area contributed by atoms with Gasteiger partial charge in [-0.2, -0.15) is 11.8 Å². The SMILES string of the molecule is CC(C)(C)NCc1ccc(N2CCSCC2)c(Cl)c1. The molecule has 0 amide bonds. The fraction of sp³-hybridized carbons (Fsp3) is 0.600. The van der Waals surface area contributed by atoms with Crippen LogP contribution in [0.25, 0.3) is 0 Å². The number of thioether (sulfide) groups is 1. The number of hydrogen-bond acceptors (Lipinski definition) is 3. The van der Waals surface area contributed by atoms with Gasteiger partial charge in [-0.15, -0.1) is 0 Å². The Bertz CT molecular complexity index is 423.